The lowest BCUT2D eigenvalue weighted by molar-refractivity contribution is -0.303. The highest BCUT2D eigenvalue weighted by molar-refractivity contribution is 5.17. The van der Waals surface area contributed by atoms with Gasteiger partial charge in [-0.2, -0.15) is 0 Å². The molecular weight excluding hydrogens is 268 g/mol. The van der Waals surface area contributed by atoms with Crippen molar-refractivity contribution in [1.29, 1.82) is 0 Å². The Bertz CT molecular complexity index is 489. The Balaban J connectivity index is 1.78. The molecule has 3 rings (SSSR count). The number of benzene rings is 1. The minimum atomic E-state index is -0.554. The van der Waals surface area contributed by atoms with Gasteiger partial charge in [0.25, 0.3) is 0 Å². The van der Waals surface area contributed by atoms with Gasteiger partial charge in [0.2, 0.25) is 0 Å². The van der Waals surface area contributed by atoms with Gasteiger partial charge in [-0.25, -0.2) is 0 Å². The normalized spacial score (nSPS) is 40.1. The Morgan fingerprint density at radius 1 is 1.29 bits per heavy atom. The number of aliphatic hydroxyl groups excluding tert-OH is 1. The molecule has 114 valence electrons. The first-order valence-electron chi connectivity index (χ1n) is 7.43. The minimum Gasteiger partial charge on any atom is -0.390 e. The molecule has 4 heteroatoms. The van der Waals surface area contributed by atoms with E-state index >= 15 is 0 Å². The Labute approximate surface area is 125 Å². The molecule has 1 N–H and O–H groups in total. The van der Waals surface area contributed by atoms with Crippen LogP contribution >= 0.6 is 0 Å². The van der Waals surface area contributed by atoms with Crippen molar-refractivity contribution in [2.45, 2.75) is 50.0 Å². The van der Waals surface area contributed by atoms with Crippen LogP contribution in [0.15, 0.2) is 43.0 Å². The van der Waals surface area contributed by atoms with E-state index < -0.39 is 11.7 Å². The van der Waals surface area contributed by atoms with Gasteiger partial charge in [-0.15, -0.1) is 6.58 Å². The van der Waals surface area contributed by atoms with Crippen molar-refractivity contribution in [3.05, 3.63) is 48.6 Å². The summed E-state index contributed by atoms with van der Waals surface area (Å²) >= 11 is 0. The highest BCUT2D eigenvalue weighted by atomic mass is 16.7. The van der Waals surface area contributed by atoms with E-state index in [0.717, 1.165) is 12.0 Å². The monoisotopic (exact) mass is 290 g/mol. The summed E-state index contributed by atoms with van der Waals surface area (Å²) in [6, 6.07) is 9.89. The van der Waals surface area contributed by atoms with Gasteiger partial charge in [-0.3, -0.25) is 0 Å². The van der Waals surface area contributed by atoms with E-state index in [1.165, 1.54) is 0 Å². The maximum atomic E-state index is 10.1. The maximum Gasteiger partial charge on any atom is 0.184 e. The van der Waals surface area contributed by atoms with Gasteiger partial charge in [-0.05, 0) is 19.8 Å². The number of ether oxygens (including phenoxy) is 3. The lowest BCUT2D eigenvalue weighted by Crippen LogP contribution is -2.52. The third-order valence-corrected chi connectivity index (χ3v) is 4.30. The average molecular weight is 290 g/mol. The van der Waals surface area contributed by atoms with E-state index in [2.05, 4.69) is 6.58 Å². The molecule has 1 aromatic carbocycles. The molecule has 4 nitrogen and oxygen atoms in total. The van der Waals surface area contributed by atoms with Crippen LogP contribution in [-0.4, -0.2) is 35.6 Å². The third-order valence-electron chi connectivity index (χ3n) is 4.30. The quantitative estimate of drug-likeness (QED) is 0.851. The molecule has 0 spiro atoms. The molecule has 2 heterocycles. The number of fused-ring (bicyclic) bond motifs is 1. The van der Waals surface area contributed by atoms with E-state index in [9.17, 15) is 5.11 Å². The summed E-state index contributed by atoms with van der Waals surface area (Å²) in [5.41, 5.74) is 0.450. The lowest BCUT2D eigenvalue weighted by atomic mass is 9.94. The molecule has 2 saturated heterocycles. The second-order valence-electron chi connectivity index (χ2n) is 5.95. The van der Waals surface area contributed by atoms with Gasteiger partial charge >= 0.3 is 0 Å². The molecule has 5 atom stereocenters. The molecule has 0 radical (unpaired) electrons. The third kappa shape index (κ3) is 2.90. The van der Waals surface area contributed by atoms with Gasteiger partial charge in [0, 0.05) is 5.56 Å². The highest BCUT2D eigenvalue weighted by Crippen LogP contribution is 2.39. The van der Waals surface area contributed by atoms with E-state index in [1.54, 1.807) is 6.08 Å². The topological polar surface area (TPSA) is 47.9 Å². The van der Waals surface area contributed by atoms with E-state index in [4.69, 9.17) is 14.2 Å². The predicted octanol–water partition coefficient (Wildman–Crippen LogP) is 2.59. The summed E-state index contributed by atoms with van der Waals surface area (Å²) in [5, 5.41) is 10.1. The van der Waals surface area contributed by atoms with Crippen LogP contribution in [0.25, 0.3) is 0 Å². The van der Waals surface area contributed by atoms with Crippen LogP contribution in [0.2, 0.25) is 0 Å². The van der Waals surface area contributed by atoms with Crippen molar-refractivity contribution in [3.8, 4) is 0 Å². The standard InChI is InChI=1S/C17H22O4/c1-3-14-13(18)9-10-15-17(2,21-14)11-19-16(20-15)12-7-5-4-6-8-12/h3-8,13-16,18H,1,9-11H2,2H3/t13-,14+,15-,16+,17+/m1/s1. The van der Waals surface area contributed by atoms with Crippen molar-refractivity contribution < 1.29 is 19.3 Å². The molecule has 0 aromatic heterocycles. The van der Waals surface area contributed by atoms with Crippen molar-refractivity contribution >= 4 is 0 Å². The summed E-state index contributed by atoms with van der Waals surface area (Å²) < 4.78 is 18.0. The summed E-state index contributed by atoms with van der Waals surface area (Å²) in [4.78, 5) is 0. The molecule has 2 aliphatic heterocycles. The Morgan fingerprint density at radius 3 is 2.76 bits per heavy atom. The molecular formula is C17H22O4. The van der Waals surface area contributed by atoms with Crippen molar-refractivity contribution in [3.63, 3.8) is 0 Å². The zero-order valence-corrected chi connectivity index (χ0v) is 12.3. The molecule has 0 amide bonds. The van der Waals surface area contributed by atoms with Crippen LogP contribution in [0, 0.1) is 0 Å². The van der Waals surface area contributed by atoms with Gasteiger partial charge in [0.05, 0.1) is 18.8 Å². The zero-order chi connectivity index (χ0) is 14.9. The molecule has 0 bridgehead atoms. The van der Waals surface area contributed by atoms with E-state index in [-0.39, 0.29) is 18.5 Å². The van der Waals surface area contributed by atoms with Gasteiger partial charge in [-0.1, -0.05) is 36.4 Å². The van der Waals surface area contributed by atoms with Gasteiger partial charge < -0.3 is 19.3 Å². The van der Waals surface area contributed by atoms with Crippen molar-refractivity contribution in [2.75, 3.05) is 6.61 Å². The smallest absolute Gasteiger partial charge is 0.184 e. The zero-order valence-electron chi connectivity index (χ0n) is 12.3. The Morgan fingerprint density at radius 2 is 2.05 bits per heavy atom. The lowest BCUT2D eigenvalue weighted by Gasteiger charge is -2.43. The predicted molar refractivity (Wildman–Crippen MR) is 78.7 cm³/mol. The van der Waals surface area contributed by atoms with Gasteiger partial charge in [0.15, 0.2) is 6.29 Å². The fourth-order valence-corrected chi connectivity index (χ4v) is 3.02. The number of hydrogen-bond donors (Lipinski definition) is 1. The first-order valence-corrected chi connectivity index (χ1v) is 7.43. The number of hydrogen-bond acceptors (Lipinski definition) is 4. The fraction of sp³-hybridized carbons (Fsp3) is 0.529. The maximum absolute atomic E-state index is 10.1. The molecule has 2 fully saturated rings. The molecule has 21 heavy (non-hydrogen) atoms. The van der Waals surface area contributed by atoms with E-state index in [0.29, 0.717) is 13.0 Å². The van der Waals surface area contributed by atoms with Crippen LogP contribution in [0.1, 0.15) is 31.6 Å². The Hall–Kier alpha value is -1.20. The van der Waals surface area contributed by atoms with Crippen LogP contribution in [-0.2, 0) is 14.2 Å². The van der Waals surface area contributed by atoms with Crippen LogP contribution < -0.4 is 0 Å². The molecule has 0 unspecified atom stereocenters. The van der Waals surface area contributed by atoms with Crippen molar-refractivity contribution in [1.82, 2.24) is 0 Å². The van der Waals surface area contributed by atoms with E-state index in [1.807, 2.05) is 37.3 Å². The summed E-state index contributed by atoms with van der Waals surface area (Å²) in [6.45, 7) is 6.16. The number of rotatable bonds is 2. The largest absolute Gasteiger partial charge is 0.390 e. The molecule has 2 aliphatic rings. The number of aliphatic hydroxyl groups is 1. The van der Waals surface area contributed by atoms with Crippen LogP contribution in [0.5, 0.6) is 0 Å². The minimum absolute atomic E-state index is 0.101. The SMILES string of the molecule is C=C[C@@H]1O[C@@]2(C)CO[C@H](c3ccccc3)O[C@@H]2CC[C@H]1O. The average Bonchev–Trinajstić information content (AvgIpc) is 2.64. The second-order valence-corrected chi connectivity index (χ2v) is 5.95. The van der Waals surface area contributed by atoms with Crippen LogP contribution in [0.3, 0.4) is 0 Å². The second kappa shape index (κ2) is 5.89. The molecule has 1 aromatic rings. The Kier molecular flexibility index (Phi) is 4.13. The fourth-order valence-electron chi connectivity index (χ4n) is 3.02. The summed E-state index contributed by atoms with van der Waals surface area (Å²) in [7, 11) is 0. The summed E-state index contributed by atoms with van der Waals surface area (Å²) in [6.07, 6.45) is 1.65. The van der Waals surface area contributed by atoms with Crippen molar-refractivity contribution in [2.24, 2.45) is 0 Å². The molecule has 0 aliphatic carbocycles. The van der Waals surface area contributed by atoms with Gasteiger partial charge in [0.1, 0.15) is 11.7 Å². The first kappa shape index (κ1) is 14.7. The first-order chi connectivity index (χ1) is 10.1. The summed E-state index contributed by atoms with van der Waals surface area (Å²) in [5.74, 6) is 0. The van der Waals surface area contributed by atoms with Crippen LogP contribution in [0.4, 0.5) is 0 Å². The molecule has 0 saturated carbocycles. The highest BCUT2D eigenvalue weighted by Gasteiger charge is 2.47.